The van der Waals surface area contributed by atoms with Gasteiger partial charge in [-0.25, -0.2) is 0 Å². The van der Waals surface area contributed by atoms with Crippen LogP contribution in [-0.2, 0) is 4.79 Å². The number of amides is 1. The van der Waals surface area contributed by atoms with Crippen molar-refractivity contribution >= 4 is 5.91 Å². The number of hydrogen-bond donors (Lipinski definition) is 3. The van der Waals surface area contributed by atoms with Crippen LogP contribution in [0.4, 0.5) is 13.2 Å². The van der Waals surface area contributed by atoms with Gasteiger partial charge in [0.1, 0.15) is 0 Å². The number of nitrogens with one attached hydrogen (secondary N) is 1. The lowest BCUT2D eigenvalue weighted by Gasteiger charge is -2.17. The van der Waals surface area contributed by atoms with E-state index in [4.69, 9.17) is 10.8 Å². The zero-order valence-corrected chi connectivity index (χ0v) is 9.05. The van der Waals surface area contributed by atoms with Crippen LogP contribution >= 0.6 is 0 Å². The highest BCUT2D eigenvalue weighted by atomic mass is 19.4. The van der Waals surface area contributed by atoms with Crippen LogP contribution in [-0.4, -0.2) is 35.9 Å². The Morgan fingerprint density at radius 3 is 2.50 bits per heavy atom. The van der Waals surface area contributed by atoms with Crippen molar-refractivity contribution in [3.05, 3.63) is 0 Å². The highest BCUT2D eigenvalue weighted by Gasteiger charge is 2.38. The van der Waals surface area contributed by atoms with E-state index < -0.39 is 30.8 Å². The van der Waals surface area contributed by atoms with Gasteiger partial charge in [0.2, 0.25) is 5.91 Å². The van der Waals surface area contributed by atoms with Crippen molar-refractivity contribution in [2.24, 2.45) is 5.73 Å². The van der Waals surface area contributed by atoms with Gasteiger partial charge in [0.15, 0.2) is 6.10 Å². The van der Waals surface area contributed by atoms with Crippen LogP contribution in [0.15, 0.2) is 0 Å². The van der Waals surface area contributed by atoms with Crippen LogP contribution in [0, 0.1) is 0 Å². The molecule has 7 heteroatoms. The molecule has 4 N–H and O–H groups in total. The van der Waals surface area contributed by atoms with Crippen molar-refractivity contribution in [2.75, 3.05) is 6.54 Å². The summed E-state index contributed by atoms with van der Waals surface area (Å²) < 4.78 is 35.6. The van der Waals surface area contributed by atoms with Gasteiger partial charge >= 0.3 is 6.18 Å². The first-order chi connectivity index (χ1) is 7.29. The lowest BCUT2D eigenvalue weighted by atomic mass is 10.1. The average molecular weight is 242 g/mol. The lowest BCUT2D eigenvalue weighted by molar-refractivity contribution is -0.201. The monoisotopic (exact) mass is 242 g/mol. The molecule has 0 aliphatic rings. The van der Waals surface area contributed by atoms with Gasteiger partial charge in [-0.2, -0.15) is 13.2 Å². The second kappa shape index (κ2) is 6.70. The Labute approximate surface area is 92.0 Å². The summed E-state index contributed by atoms with van der Waals surface area (Å²) in [6.45, 7) is 1.06. The van der Waals surface area contributed by atoms with E-state index in [0.717, 1.165) is 12.8 Å². The fraction of sp³-hybridized carbons (Fsp3) is 0.889. The summed E-state index contributed by atoms with van der Waals surface area (Å²) >= 11 is 0. The number of rotatable bonds is 6. The standard InChI is InChI=1S/C9H17F3N2O2/c1-2-3-4-6(13)8(16)14-5-7(15)9(10,11)12/h6-7,15H,2-5,13H2,1H3,(H,14,16). The largest absolute Gasteiger partial charge is 0.416 e. The van der Waals surface area contributed by atoms with E-state index >= 15 is 0 Å². The van der Waals surface area contributed by atoms with E-state index in [-0.39, 0.29) is 0 Å². The van der Waals surface area contributed by atoms with Crippen LogP contribution in [0.25, 0.3) is 0 Å². The van der Waals surface area contributed by atoms with Crippen molar-refractivity contribution in [3.63, 3.8) is 0 Å². The Morgan fingerprint density at radius 1 is 1.50 bits per heavy atom. The third kappa shape index (κ3) is 5.92. The number of aliphatic hydroxyl groups excluding tert-OH is 1. The molecule has 0 saturated carbocycles. The molecule has 0 saturated heterocycles. The molecule has 4 nitrogen and oxygen atoms in total. The molecule has 0 radical (unpaired) electrons. The molecule has 0 aliphatic carbocycles. The number of carbonyl (C=O) groups is 1. The summed E-state index contributed by atoms with van der Waals surface area (Å²) in [4.78, 5) is 11.2. The first-order valence-corrected chi connectivity index (χ1v) is 5.07. The molecule has 2 unspecified atom stereocenters. The molecular weight excluding hydrogens is 225 g/mol. The molecule has 2 atom stereocenters. The van der Waals surface area contributed by atoms with Gasteiger partial charge < -0.3 is 16.2 Å². The number of hydrogen-bond acceptors (Lipinski definition) is 3. The number of carbonyl (C=O) groups excluding carboxylic acids is 1. The molecule has 1 amide bonds. The van der Waals surface area contributed by atoms with Gasteiger partial charge in [-0.1, -0.05) is 19.8 Å². The number of unbranched alkanes of at least 4 members (excludes halogenated alkanes) is 1. The van der Waals surface area contributed by atoms with Gasteiger partial charge in [0, 0.05) is 0 Å². The van der Waals surface area contributed by atoms with Crippen molar-refractivity contribution in [1.82, 2.24) is 5.32 Å². The Morgan fingerprint density at radius 2 is 2.06 bits per heavy atom. The molecule has 0 aromatic carbocycles. The van der Waals surface area contributed by atoms with Crippen LogP contribution in [0.2, 0.25) is 0 Å². The second-order valence-corrected chi connectivity index (χ2v) is 3.55. The van der Waals surface area contributed by atoms with E-state index in [2.05, 4.69) is 0 Å². The third-order valence-corrected chi connectivity index (χ3v) is 2.05. The predicted octanol–water partition coefficient (Wildman–Crippen LogP) is 0.543. The van der Waals surface area contributed by atoms with Crippen LogP contribution in [0.1, 0.15) is 26.2 Å². The number of nitrogens with two attached hydrogens (primary N) is 1. The quantitative estimate of drug-likeness (QED) is 0.636. The predicted molar refractivity (Wildman–Crippen MR) is 52.6 cm³/mol. The minimum Gasteiger partial charge on any atom is -0.382 e. The average Bonchev–Trinajstić information content (AvgIpc) is 2.20. The highest BCUT2D eigenvalue weighted by Crippen LogP contribution is 2.19. The first kappa shape index (κ1) is 15.2. The van der Waals surface area contributed by atoms with Gasteiger partial charge in [-0.15, -0.1) is 0 Å². The van der Waals surface area contributed by atoms with Crippen LogP contribution in [0.5, 0.6) is 0 Å². The fourth-order valence-electron chi connectivity index (χ4n) is 0.999. The SMILES string of the molecule is CCCCC(N)C(=O)NCC(O)C(F)(F)F. The van der Waals surface area contributed by atoms with Crippen molar-refractivity contribution in [3.8, 4) is 0 Å². The van der Waals surface area contributed by atoms with E-state index in [0.29, 0.717) is 6.42 Å². The summed E-state index contributed by atoms with van der Waals surface area (Å²) in [5.41, 5.74) is 5.42. The molecule has 0 heterocycles. The Kier molecular flexibility index (Phi) is 6.35. The van der Waals surface area contributed by atoms with Gasteiger partial charge in [0.25, 0.3) is 0 Å². The maximum atomic E-state index is 11.9. The molecular formula is C9H17F3N2O2. The van der Waals surface area contributed by atoms with E-state index in [1.54, 1.807) is 0 Å². The maximum Gasteiger partial charge on any atom is 0.416 e. The number of halogens is 3. The lowest BCUT2D eigenvalue weighted by Crippen LogP contribution is -2.46. The zero-order chi connectivity index (χ0) is 12.8. The molecule has 0 aromatic heterocycles. The summed E-state index contributed by atoms with van der Waals surface area (Å²) in [7, 11) is 0. The number of alkyl halides is 3. The van der Waals surface area contributed by atoms with E-state index in [1.807, 2.05) is 12.2 Å². The van der Waals surface area contributed by atoms with Crippen LogP contribution < -0.4 is 11.1 Å². The molecule has 16 heavy (non-hydrogen) atoms. The third-order valence-electron chi connectivity index (χ3n) is 2.05. The fourth-order valence-corrected chi connectivity index (χ4v) is 0.999. The van der Waals surface area contributed by atoms with E-state index in [1.165, 1.54) is 0 Å². The van der Waals surface area contributed by atoms with E-state index in [9.17, 15) is 18.0 Å². The number of aliphatic hydroxyl groups is 1. The van der Waals surface area contributed by atoms with Gasteiger partial charge in [0.05, 0.1) is 12.6 Å². The van der Waals surface area contributed by atoms with Crippen molar-refractivity contribution in [2.45, 2.75) is 44.5 Å². The van der Waals surface area contributed by atoms with Crippen molar-refractivity contribution < 1.29 is 23.1 Å². The molecule has 0 rings (SSSR count). The summed E-state index contributed by atoms with van der Waals surface area (Å²) in [5, 5.41) is 10.6. The molecule has 0 bridgehead atoms. The first-order valence-electron chi connectivity index (χ1n) is 5.07. The van der Waals surface area contributed by atoms with Gasteiger partial charge in [-0.3, -0.25) is 4.79 Å². The summed E-state index contributed by atoms with van der Waals surface area (Å²) in [6, 6.07) is -0.819. The molecule has 96 valence electrons. The molecule has 0 spiro atoms. The zero-order valence-electron chi connectivity index (χ0n) is 9.05. The molecule has 0 fully saturated rings. The Balaban J connectivity index is 3.89. The topological polar surface area (TPSA) is 75.4 Å². The summed E-state index contributed by atoms with van der Waals surface area (Å²) in [6.07, 6.45) is -5.26. The minimum atomic E-state index is -4.72. The summed E-state index contributed by atoms with van der Waals surface area (Å²) in [5.74, 6) is -0.670. The molecule has 0 aliphatic heterocycles. The Hall–Kier alpha value is -0.820. The normalized spacial score (nSPS) is 15.6. The van der Waals surface area contributed by atoms with Gasteiger partial charge in [-0.05, 0) is 6.42 Å². The maximum absolute atomic E-state index is 11.9. The second-order valence-electron chi connectivity index (χ2n) is 3.55. The molecule has 0 aromatic rings. The highest BCUT2D eigenvalue weighted by molar-refractivity contribution is 5.81. The minimum absolute atomic E-state index is 0.421. The smallest absolute Gasteiger partial charge is 0.382 e. The van der Waals surface area contributed by atoms with Crippen LogP contribution in [0.3, 0.4) is 0 Å². The van der Waals surface area contributed by atoms with Crippen molar-refractivity contribution in [1.29, 1.82) is 0 Å². The Bertz CT molecular complexity index is 221.